The molecule has 124 valence electrons. The molecule has 2 rings (SSSR count). The lowest BCUT2D eigenvalue weighted by atomic mass is 10.1. The molecule has 1 saturated heterocycles. The summed E-state index contributed by atoms with van der Waals surface area (Å²) in [5.74, 6) is -1.33. The largest absolute Gasteiger partial charge is 0.478 e. The van der Waals surface area contributed by atoms with Gasteiger partial charge in [0.1, 0.15) is 0 Å². The first kappa shape index (κ1) is 17.0. The Morgan fingerprint density at radius 2 is 1.96 bits per heavy atom. The molecule has 1 aromatic carbocycles. The minimum absolute atomic E-state index is 0.00950. The number of carboxylic acids is 1. The number of likely N-dealkylation sites (tertiary alicyclic amines) is 1. The van der Waals surface area contributed by atoms with E-state index in [-0.39, 0.29) is 23.9 Å². The highest BCUT2D eigenvalue weighted by atomic mass is 16.4. The highest BCUT2D eigenvalue weighted by Crippen LogP contribution is 2.17. The molecule has 0 unspecified atom stereocenters. The minimum Gasteiger partial charge on any atom is -0.478 e. The van der Waals surface area contributed by atoms with Gasteiger partial charge in [-0.05, 0) is 37.5 Å². The van der Waals surface area contributed by atoms with Gasteiger partial charge in [0.05, 0.1) is 12.1 Å². The lowest BCUT2D eigenvalue weighted by Crippen LogP contribution is -2.39. The third kappa shape index (κ3) is 4.81. The number of carbonyl (C=O) groups is 3. The van der Waals surface area contributed by atoms with Gasteiger partial charge in [-0.2, -0.15) is 0 Å². The Morgan fingerprint density at radius 1 is 1.22 bits per heavy atom. The molecule has 6 nitrogen and oxygen atoms in total. The van der Waals surface area contributed by atoms with E-state index in [0.29, 0.717) is 18.7 Å². The molecule has 23 heavy (non-hydrogen) atoms. The van der Waals surface area contributed by atoms with Gasteiger partial charge in [-0.15, -0.1) is 0 Å². The van der Waals surface area contributed by atoms with Crippen LogP contribution in [-0.4, -0.2) is 40.9 Å². The fourth-order valence-corrected chi connectivity index (χ4v) is 2.64. The third-order valence-corrected chi connectivity index (χ3v) is 4.01. The number of amides is 2. The summed E-state index contributed by atoms with van der Waals surface area (Å²) in [5, 5.41) is 11.7. The molecule has 1 aliphatic rings. The number of rotatable bonds is 4. The summed E-state index contributed by atoms with van der Waals surface area (Å²) >= 11 is 0. The summed E-state index contributed by atoms with van der Waals surface area (Å²) in [6, 6.07) is 4.58. The summed E-state index contributed by atoms with van der Waals surface area (Å²) in [6.07, 6.45) is 4.40. The van der Waals surface area contributed by atoms with E-state index in [0.717, 1.165) is 31.2 Å². The molecule has 1 fully saturated rings. The Bertz CT molecular complexity index is 613. The Hall–Kier alpha value is -2.37. The SMILES string of the molecule is Cc1ccc(C(=O)O)cc1NC(=O)CN1CCCCCCC1=O. The number of nitrogens with one attached hydrogen (secondary N) is 1. The molecule has 0 aliphatic carbocycles. The van der Waals surface area contributed by atoms with E-state index < -0.39 is 5.97 Å². The minimum atomic E-state index is -1.04. The maximum absolute atomic E-state index is 12.2. The van der Waals surface area contributed by atoms with Gasteiger partial charge in [0, 0.05) is 18.7 Å². The topological polar surface area (TPSA) is 86.7 Å². The van der Waals surface area contributed by atoms with Gasteiger partial charge in [-0.1, -0.05) is 18.9 Å². The van der Waals surface area contributed by atoms with Crippen LogP contribution in [-0.2, 0) is 9.59 Å². The van der Waals surface area contributed by atoms with Crippen molar-refractivity contribution < 1.29 is 19.5 Å². The number of carboxylic acid groups (broad SMARTS) is 1. The van der Waals surface area contributed by atoms with Gasteiger partial charge in [0.2, 0.25) is 11.8 Å². The van der Waals surface area contributed by atoms with Crippen LogP contribution in [0.1, 0.15) is 48.0 Å². The molecule has 0 spiro atoms. The number of carbonyl (C=O) groups excluding carboxylic acids is 2. The first-order valence-electron chi connectivity index (χ1n) is 7.89. The van der Waals surface area contributed by atoms with Crippen molar-refractivity contribution in [2.24, 2.45) is 0 Å². The zero-order valence-electron chi connectivity index (χ0n) is 13.3. The van der Waals surface area contributed by atoms with Crippen molar-refractivity contribution in [2.75, 3.05) is 18.4 Å². The Balaban J connectivity index is 2.02. The van der Waals surface area contributed by atoms with Crippen LogP contribution in [0.5, 0.6) is 0 Å². The van der Waals surface area contributed by atoms with Crippen LogP contribution in [0.2, 0.25) is 0 Å². The second kappa shape index (κ2) is 7.76. The molecule has 0 saturated carbocycles. The number of aryl methyl sites for hydroxylation is 1. The molecule has 2 N–H and O–H groups in total. The number of aromatic carboxylic acids is 1. The van der Waals surface area contributed by atoms with Gasteiger partial charge < -0.3 is 15.3 Å². The molecule has 1 aliphatic heterocycles. The van der Waals surface area contributed by atoms with Crippen molar-refractivity contribution in [3.63, 3.8) is 0 Å². The van der Waals surface area contributed by atoms with Crippen LogP contribution in [0.4, 0.5) is 5.69 Å². The molecule has 2 amide bonds. The number of nitrogens with zero attached hydrogens (tertiary/aromatic N) is 1. The molecule has 0 aromatic heterocycles. The van der Waals surface area contributed by atoms with E-state index in [1.54, 1.807) is 17.9 Å². The van der Waals surface area contributed by atoms with Crippen LogP contribution in [0.25, 0.3) is 0 Å². The molecular weight excluding hydrogens is 296 g/mol. The lowest BCUT2D eigenvalue weighted by molar-refractivity contribution is -0.135. The molecule has 0 bridgehead atoms. The Kier molecular flexibility index (Phi) is 5.73. The maximum atomic E-state index is 12.2. The summed E-state index contributed by atoms with van der Waals surface area (Å²) in [7, 11) is 0. The standard InChI is InChI=1S/C17H22N2O4/c1-12-7-8-13(17(22)23)10-14(12)18-15(20)11-19-9-5-3-2-4-6-16(19)21/h7-8,10H,2-6,9,11H2,1H3,(H,18,20)(H,22,23). The highest BCUT2D eigenvalue weighted by Gasteiger charge is 2.19. The van der Waals surface area contributed by atoms with E-state index in [1.165, 1.54) is 12.1 Å². The van der Waals surface area contributed by atoms with Crippen LogP contribution in [0, 0.1) is 6.92 Å². The first-order valence-corrected chi connectivity index (χ1v) is 7.89. The number of benzene rings is 1. The van der Waals surface area contributed by atoms with Crippen molar-refractivity contribution in [3.8, 4) is 0 Å². The fourth-order valence-electron chi connectivity index (χ4n) is 2.64. The zero-order chi connectivity index (χ0) is 16.8. The first-order chi connectivity index (χ1) is 11.0. The molecule has 1 heterocycles. The van der Waals surface area contributed by atoms with Crippen molar-refractivity contribution in [2.45, 2.75) is 39.0 Å². The summed E-state index contributed by atoms with van der Waals surface area (Å²) in [5.41, 5.74) is 1.37. The normalized spacial score (nSPS) is 15.7. The molecule has 6 heteroatoms. The Labute approximate surface area is 135 Å². The van der Waals surface area contributed by atoms with E-state index >= 15 is 0 Å². The van der Waals surface area contributed by atoms with Crippen LogP contribution in [0.15, 0.2) is 18.2 Å². The zero-order valence-corrected chi connectivity index (χ0v) is 13.3. The van der Waals surface area contributed by atoms with Crippen molar-refractivity contribution in [3.05, 3.63) is 29.3 Å². The van der Waals surface area contributed by atoms with E-state index in [9.17, 15) is 14.4 Å². The third-order valence-electron chi connectivity index (χ3n) is 4.01. The van der Waals surface area contributed by atoms with Crippen molar-refractivity contribution in [1.82, 2.24) is 4.90 Å². The highest BCUT2D eigenvalue weighted by molar-refractivity contribution is 5.97. The average molecular weight is 318 g/mol. The van der Waals surface area contributed by atoms with Gasteiger partial charge >= 0.3 is 5.97 Å². The number of hydrogen-bond donors (Lipinski definition) is 2. The van der Waals surface area contributed by atoms with Gasteiger partial charge in [0.15, 0.2) is 0 Å². The summed E-state index contributed by atoms with van der Waals surface area (Å²) in [4.78, 5) is 36.8. The molecular formula is C17H22N2O4. The van der Waals surface area contributed by atoms with E-state index in [4.69, 9.17) is 5.11 Å². The summed E-state index contributed by atoms with van der Waals surface area (Å²) in [6.45, 7) is 2.40. The van der Waals surface area contributed by atoms with Crippen LogP contribution < -0.4 is 5.32 Å². The Morgan fingerprint density at radius 3 is 2.70 bits per heavy atom. The number of hydrogen-bond acceptors (Lipinski definition) is 3. The average Bonchev–Trinajstić information content (AvgIpc) is 2.49. The second-order valence-electron chi connectivity index (χ2n) is 5.86. The van der Waals surface area contributed by atoms with E-state index in [1.807, 2.05) is 0 Å². The predicted octanol–water partition coefficient (Wildman–Crippen LogP) is 2.42. The van der Waals surface area contributed by atoms with Crippen molar-refractivity contribution >= 4 is 23.5 Å². The predicted molar refractivity (Wildman–Crippen MR) is 86.4 cm³/mol. The summed E-state index contributed by atoms with van der Waals surface area (Å²) < 4.78 is 0. The molecule has 0 radical (unpaired) electrons. The van der Waals surface area contributed by atoms with Gasteiger partial charge in [-0.3, -0.25) is 9.59 Å². The quantitative estimate of drug-likeness (QED) is 0.892. The van der Waals surface area contributed by atoms with Crippen molar-refractivity contribution in [1.29, 1.82) is 0 Å². The van der Waals surface area contributed by atoms with Gasteiger partial charge in [0.25, 0.3) is 0 Å². The number of anilines is 1. The monoisotopic (exact) mass is 318 g/mol. The van der Waals surface area contributed by atoms with Gasteiger partial charge in [-0.25, -0.2) is 4.79 Å². The lowest BCUT2D eigenvalue weighted by Gasteiger charge is -2.24. The molecule has 0 atom stereocenters. The van der Waals surface area contributed by atoms with Crippen LogP contribution in [0.3, 0.4) is 0 Å². The maximum Gasteiger partial charge on any atom is 0.335 e. The smallest absolute Gasteiger partial charge is 0.335 e. The molecule has 1 aromatic rings. The van der Waals surface area contributed by atoms with E-state index in [2.05, 4.69) is 5.32 Å². The fraction of sp³-hybridized carbons (Fsp3) is 0.471. The second-order valence-corrected chi connectivity index (χ2v) is 5.86. The van der Waals surface area contributed by atoms with Crippen LogP contribution >= 0.6 is 0 Å².